The van der Waals surface area contributed by atoms with Crippen LogP contribution in [0.1, 0.15) is 65.2 Å². The van der Waals surface area contributed by atoms with Crippen LogP contribution in [0.4, 0.5) is 0 Å². The van der Waals surface area contributed by atoms with Crippen molar-refractivity contribution in [3.63, 3.8) is 0 Å². The van der Waals surface area contributed by atoms with E-state index in [9.17, 15) is 24.6 Å². The molecular formula is C24H32O7. The Morgan fingerprint density at radius 1 is 1.19 bits per heavy atom. The Balaban J connectivity index is 1.67. The van der Waals surface area contributed by atoms with Crippen molar-refractivity contribution in [2.45, 2.75) is 82.5 Å². The standard InChI is InChI=1S/C24H32O7/c1-21-7-4-14(25)10-13(21)11-15(20(28)30-3)19-16-5-8-23(9-6-18(27)31-23)22(16,2)12-17(26)24(19,21)29/h10,15-17,19,26,29H,4-9,11-12H2,1-3H3/t15-,16?,17+,19?,21+,22+,23-,24-/m1/s1. The van der Waals surface area contributed by atoms with Gasteiger partial charge >= 0.3 is 11.9 Å². The molecule has 0 aromatic carbocycles. The highest BCUT2D eigenvalue weighted by Crippen LogP contribution is 2.71. The van der Waals surface area contributed by atoms with Crippen molar-refractivity contribution in [1.82, 2.24) is 0 Å². The molecule has 2 N–H and O–H groups in total. The van der Waals surface area contributed by atoms with Crippen LogP contribution in [0.15, 0.2) is 11.6 Å². The number of rotatable bonds is 1. The third-order valence-corrected chi connectivity index (χ3v) is 10.0. The Bertz CT molecular complexity index is 894. The van der Waals surface area contributed by atoms with Gasteiger partial charge in [0, 0.05) is 29.6 Å². The maximum atomic E-state index is 13.0. The van der Waals surface area contributed by atoms with Gasteiger partial charge in [0.15, 0.2) is 5.78 Å². The number of carbonyl (C=O) groups excluding carboxylic acids is 3. The second-order valence-electron chi connectivity index (χ2n) is 10.9. The lowest BCUT2D eigenvalue weighted by molar-refractivity contribution is -0.272. The molecule has 170 valence electrons. The largest absolute Gasteiger partial charge is 0.469 e. The molecule has 0 aromatic heterocycles. The number of aliphatic hydroxyl groups excluding tert-OH is 1. The maximum Gasteiger partial charge on any atom is 0.309 e. The maximum absolute atomic E-state index is 13.0. The van der Waals surface area contributed by atoms with E-state index < -0.39 is 45.9 Å². The lowest BCUT2D eigenvalue weighted by Gasteiger charge is -2.66. The molecule has 7 heteroatoms. The number of esters is 2. The summed E-state index contributed by atoms with van der Waals surface area (Å²) < 4.78 is 11.1. The molecule has 1 aliphatic heterocycles. The van der Waals surface area contributed by atoms with Gasteiger partial charge in [-0.15, -0.1) is 0 Å². The van der Waals surface area contributed by atoms with Crippen LogP contribution < -0.4 is 0 Å². The van der Waals surface area contributed by atoms with E-state index >= 15 is 0 Å². The van der Waals surface area contributed by atoms with Gasteiger partial charge in [-0.2, -0.15) is 0 Å². The fraction of sp³-hybridized carbons (Fsp3) is 0.792. The van der Waals surface area contributed by atoms with Crippen molar-refractivity contribution in [2.24, 2.45) is 28.6 Å². The third-order valence-electron chi connectivity index (χ3n) is 10.0. The summed E-state index contributed by atoms with van der Waals surface area (Å²) in [4.78, 5) is 37.3. The van der Waals surface area contributed by atoms with E-state index in [-0.39, 0.29) is 17.7 Å². The first kappa shape index (κ1) is 21.1. The predicted octanol–water partition coefficient (Wildman–Crippen LogP) is 2.08. The van der Waals surface area contributed by atoms with Crippen LogP contribution in [0.5, 0.6) is 0 Å². The summed E-state index contributed by atoms with van der Waals surface area (Å²) in [7, 11) is 1.34. The molecule has 2 unspecified atom stereocenters. The van der Waals surface area contributed by atoms with Crippen molar-refractivity contribution in [3.8, 4) is 0 Å². The number of hydrogen-bond acceptors (Lipinski definition) is 7. The number of carbonyl (C=O) groups is 3. The van der Waals surface area contributed by atoms with Gasteiger partial charge in [0.2, 0.25) is 0 Å². The van der Waals surface area contributed by atoms with E-state index in [2.05, 4.69) is 6.92 Å². The number of ketones is 1. The minimum atomic E-state index is -1.56. The molecule has 31 heavy (non-hydrogen) atoms. The smallest absolute Gasteiger partial charge is 0.309 e. The molecular weight excluding hydrogens is 400 g/mol. The molecule has 0 radical (unpaired) electrons. The summed E-state index contributed by atoms with van der Waals surface area (Å²) in [5, 5.41) is 23.9. The van der Waals surface area contributed by atoms with Crippen LogP contribution in [0.3, 0.4) is 0 Å². The van der Waals surface area contributed by atoms with E-state index in [1.165, 1.54) is 7.11 Å². The van der Waals surface area contributed by atoms with Crippen LogP contribution >= 0.6 is 0 Å². The second-order valence-corrected chi connectivity index (χ2v) is 10.9. The molecule has 0 amide bonds. The van der Waals surface area contributed by atoms with Crippen molar-refractivity contribution in [2.75, 3.05) is 7.11 Å². The van der Waals surface area contributed by atoms with Gasteiger partial charge in [0.05, 0.1) is 19.1 Å². The Morgan fingerprint density at radius 2 is 1.94 bits per heavy atom. The van der Waals surface area contributed by atoms with Gasteiger partial charge in [0.25, 0.3) is 0 Å². The number of aliphatic hydroxyl groups is 2. The number of hydrogen-bond donors (Lipinski definition) is 2. The lowest BCUT2D eigenvalue weighted by atomic mass is 9.41. The summed E-state index contributed by atoms with van der Waals surface area (Å²) in [5.74, 6) is -1.95. The van der Waals surface area contributed by atoms with E-state index in [0.717, 1.165) is 5.57 Å². The van der Waals surface area contributed by atoms with Gasteiger partial charge in [0.1, 0.15) is 11.2 Å². The summed E-state index contributed by atoms with van der Waals surface area (Å²) in [6.45, 7) is 3.98. The number of methoxy groups -OCH3 is 1. The minimum Gasteiger partial charge on any atom is -0.469 e. The SMILES string of the molecule is COC(=O)[C@@H]1CC2=CC(=O)CC[C@]2(C)[C@]2(O)C1C1CC[C@@]3(CCC(=O)O3)[C@@]1(C)C[C@@H]2O. The van der Waals surface area contributed by atoms with Gasteiger partial charge in [-0.25, -0.2) is 0 Å². The Hall–Kier alpha value is -1.73. The summed E-state index contributed by atoms with van der Waals surface area (Å²) in [6, 6.07) is 0. The monoisotopic (exact) mass is 432 g/mol. The van der Waals surface area contributed by atoms with Crippen molar-refractivity contribution < 1.29 is 34.1 Å². The van der Waals surface area contributed by atoms with E-state index in [1.807, 2.05) is 6.92 Å². The van der Waals surface area contributed by atoms with Crippen LogP contribution in [0.2, 0.25) is 0 Å². The van der Waals surface area contributed by atoms with Crippen LogP contribution in [-0.2, 0) is 23.9 Å². The minimum absolute atomic E-state index is 0.00837. The average Bonchev–Trinajstić information content (AvgIpc) is 3.23. The molecule has 1 saturated heterocycles. The average molecular weight is 433 g/mol. The Morgan fingerprint density at radius 3 is 2.58 bits per heavy atom. The molecule has 1 heterocycles. The number of ether oxygens (including phenoxy) is 2. The quantitative estimate of drug-likeness (QED) is 0.611. The number of fused-ring (bicyclic) bond motifs is 6. The Labute approximate surface area is 182 Å². The van der Waals surface area contributed by atoms with Crippen molar-refractivity contribution in [1.29, 1.82) is 0 Å². The lowest BCUT2D eigenvalue weighted by Crippen LogP contribution is -2.73. The molecule has 0 aromatic rings. The second kappa shape index (κ2) is 6.41. The highest BCUT2D eigenvalue weighted by molar-refractivity contribution is 5.92. The summed E-state index contributed by atoms with van der Waals surface area (Å²) in [5.41, 5.74) is -2.81. The van der Waals surface area contributed by atoms with Gasteiger partial charge < -0.3 is 19.7 Å². The predicted molar refractivity (Wildman–Crippen MR) is 109 cm³/mol. The van der Waals surface area contributed by atoms with Crippen molar-refractivity contribution in [3.05, 3.63) is 11.6 Å². The van der Waals surface area contributed by atoms with Crippen molar-refractivity contribution >= 4 is 17.7 Å². The van der Waals surface area contributed by atoms with Gasteiger partial charge in [-0.1, -0.05) is 19.4 Å². The van der Waals surface area contributed by atoms with E-state index in [0.29, 0.717) is 51.4 Å². The fourth-order valence-corrected chi connectivity index (χ4v) is 8.30. The highest BCUT2D eigenvalue weighted by atomic mass is 16.6. The summed E-state index contributed by atoms with van der Waals surface area (Å²) in [6.07, 6.45) is 4.21. The molecule has 4 aliphatic carbocycles. The first-order valence-corrected chi connectivity index (χ1v) is 11.5. The van der Waals surface area contributed by atoms with E-state index in [1.54, 1.807) is 6.08 Å². The zero-order valence-corrected chi connectivity index (χ0v) is 18.5. The third kappa shape index (κ3) is 2.39. The van der Waals surface area contributed by atoms with Crippen LogP contribution in [-0.4, -0.2) is 52.4 Å². The zero-order chi connectivity index (χ0) is 22.4. The fourth-order valence-electron chi connectivity index (χ4n) is 8.30. The summed E-state index contributed by atoms with van der Waals surface area (Å²) >= 11 is 0. The highest BCUT2D eigenvalue weighted by Gasteiger charge is 2.76. The molecule has 5 rings (SSSR count). The zero-order valence-electron chi connectivity index (χ0n) is 18.5. The molecule has 3 saturated carbocycles. The topological polar surface area (TPSA) is 110 Å². The molecule has 7 nitrogen and oxygen atoms in total. The van der Waals surface area contributed by atoms with E-state index in [4.69, 9.17) is 9.47 Å². The van der Waals surface area contributed by atoms with Gasteiger partial charge in [-0.05, 0) is 50.5 Å². The Kier molecular flexibility index (Phi) is 4.37. The molecule has 8 atom stereocenters. The van der Waals surface area contributed by atoms with Crippen LogP contribution in [0.25, 0.3) is 0 Å². The molecule has 0 bridgehead atoms. The first-order valence-electron chi connectivity index (χ1n) is 11.5. The normalized spacial score (nSPS) is 50.9. The van der Waals surface area contributed by atoms with Gasteiger partial charge in [-0.3, -0.25) is 14.4 Å². The first-order chi connectivity index (χ1) is 14.5. The molecule has 4 fully saturated rings. The van der Waals surface area contributed by atoms with Crippen LogP contribution in [0, 0.1) is 28.6 Å². The molecule has 1 spiro atoms. The molecule has 5 aliphatic rings.